The first kappa shape index (κ1) is 17.8. The minimum absolute atomic E-state index is 0.187. The molecule has 0 aliphatic rings. The van der Waals surface area contributed by atoms with E-state index in [9.17, 15) is 4.79 Å². The van der Waals surface area contributed by atoms with Gasteiger partial charge in [0.1, 0.15) is 5.75 Å². The minimum Gasteiger partial charge on any atom is -0.497 e. The SMILES string of the molecule is COc1ccc(CNC(=O)c2cncc(Nc3ccc(Cl)cc3)c2)cc1. The highest BCUT2D eigenvalue weighted by molar-refractivity contribution is 6.30. The second-order valence-electron chi connectivity index (χ2n) is 5.62. The van der Waals surface area contributed by atoms with Crippen LogP contribution < -0.4 is 15.4 Å². The van der Waals surface area contributed by atoms with E-state index in [-0.39, 0.29) is 5.91 Å². The van der Waals surface area contributed by atoms with Crippen LogP contribution >= 0.6 is 11.6 Å². The lowest BCUT2D eigenvalue weighted by molar-refractivity contribution is 0.0950. The zero-order valence-electron chi connectivity index (χ0n) is 14.2. The maximum Gasteiger partial charge on any atom is 0.253 e. The van der Waals surface area contributed by atoms with Crippen LogP contribution in [0.4, 0.5) is 11.4 Å². The van der Waals surface area contributed by atoms with Crippen LogP contribution in [0.2, 0.25) is 5.02 Å². The number of carbonyl (C=O) groups is 1. The third-order valence-corrected chi connectivity index (χ3v) is 4.00. The zero-order valence-corrected chi connectivity index (χ0v) is 15.0. The topological polar surface area (TPSA) is 63.2 Å². The molecule has 0 saturated heterocycles. The Morgan fingerprint density at radius 2 is 1.77 bits per heavy atom. The Hall–Kier alpha value is -3.05. The van der Waals surface area contributed by atoms with Gasteiger partial charge in [0, 0.05) is 23.5 Å². The molecule has 2 aromatic carbocycles. The molecule has 26 heavy (non-hydrogen) atoms. The molecule has 0 bridgehead atoms. The fourth-order valence-corrected chi connectivity index (χ4v) is 2.49. The molecule has 0 atom stereocenters. The summed E-state index contributed by atoms with van der Waals surface area (Å²) in [5, 5.41) is 6.75. The van der Waals surface area contributed by atoms with Gasteiger partial charge in [-0.1, -0.05) is 23.7 Å². The van der Waals surface area contributed by atoms with Crippen LogP contribution in [-0.4, -0.2) is 18.0 Å². The van der Waals surface area contributed by atoms with E-state index in [0.29, 0.717) is 17.1 Å². The van der Waals surface area contributed by atoms with Crippen LogP contribution in [0, 0.1) is 0 Å². The second kappa shape index (κ2) is 8.36. The molecule has 1 aromatic heterocycles. The van der Waals surface area contributed by atoms with Crippen LogP contribution in [0.5, 0.6) is 5.75 Å². The number of hydrogen-bond donors (Lipinski definition) is 2. The number of anilines is 2. The molecule has 0 spiro atoms. The molecule has 0 unspecified atom stereocenters. The number of nitrogens with zero attached hydrogens (tertiary/aromatic N) is 1. The van der Waals surface area contributed by atoms with E-state index < -0.39 is 0 Å². The maximum absolute atomic E-state index is 12.4. The van der Waals surface area contributed by atoms with E-state index in [1.54, 1.807) is 31.5 Å². The largest absolute Gasteiger partial charge is 0.497 e. The molecule has 0 aliphatic heterocycles. The van der Waals surface area contributed by atoms with Gasteiger partial charge >= 0.3 is 0 Å². The Bertz CT molecular complexity index is 880. The van der Waals surface area contributed by atoms with Gasteiger partial charge in [-0.25, -0.2) is 0 Å². The van der Waals surface area contributed by atoms with Crippen LogP contribution in [0.15, 0.2) is 67.0 Å². The first-order valence-corrected chi connectivity index (χ1v) is 8.40. The Kier molecular flexibility index (Phi) is 5.71. The van der Waals surface area contributed by atoms with Crippen molar-refractivity contribution in [3.05, 3.63) is 83.1 Å². The number of rotatable bonds is 6. The third-order valence-electron chi connectivity index (χ3n) is 3.75. The summed E-state index contributed by atoms with van der Waals surface area (Å²) in [5.41, 5.74) is 3.07. The minimum atomic E-state index is -0.187. The fourth-order valence-electron chi connectivity index (χ4n) is 2.36. The van der Waals surface area contributed by atoms with Crippen molar-refractivity contribution < 1.29 is 9.53 Å². The molecule has 1 heterocycles. The normalized spacial score (nSPS) is 10.2. The highest BCUT2D eigenvalue weighted by atomic mass is 35.5. The van der Waals surface area contributed by atoms with Crippen molar-refractivity contribution in [3.8, 4) is 5.75 Å². The van der Waals surface area contributed by atoms with E-state index in [2.05, 4.69) is 15.6 Å². The van der Waals surface area contributed by atoms with Gasteiger partial charge in [-0.05, 0) is 48.0 Å². The van der Waals surface area contributed by atoms with Crippen molar-refractivity contribution in [2.24, 2.45) is 0 Å². The molecule has 0 saturated carbocycles. The van der Waals surface area contributed by atoms with Crippen molar-refractivity contribution in [2.75, 3.05) is 12.4 Å². The molecule has 5 nitrogen and oxygen atoms in total. The summed E-state index contributed by atoms with van der Waals surface area (Å²) in [5.74, 6) is 0.596. The number of methoxy groups -OCH3 is 1. The molecule has 6 heteroatoms. The molecule has 2 N–H and O–H groups in total. The van der Waals surface area contributed by atoms with E-state index in [1.165, 1.54) is 6.20 Å². The number of hydrogen-bond acceptors (Lipinski definition) is 4. The predicted molar refractivity (Wildman–Crippen MR) is 103 cm³/mol. The first-order chi connectivity index (χ1) is 12.6. The summed E-state index contributed by atoms with van der Waals surface area (Å²) in [6, 6.07) is 16.6. The molecule has 3 rings (SSSR count). The summed E-state index contributed by atoms with van der Waals surface area (Å²) in [4.78, 5) is 16.5. The summed E-state index contributed by atoms with van der Waals surface area (Å²) in [6.07, 6.45) is 3.20. The number of halogens is 1. The molecular formula is C20H18ClN3O2. The van der Waals surface area contributed by atoms with Crippen LogP contribution in [-0.2, 0) is 6.54 Å². The smallest absolute Gasteiger partial charge is 0.253 e. The average molecular weight is 368 g/mol. The lowest BCUT2D eigenvalue weighted by Gasteiger charge is -2.09. The lowest BCUT2D eigenvalue weighted by Crippen LogP contribution is -2.23. The number of amides is 1. The van der Waals surface area contributed by atoms with Gasteiger partial charge in [0.25, 0.3) is 5.91 Å². The Morgan fingerprint density at radius 1 is 1.04 bits per heavy atom. The van der Waals surface area contributed by atoms with Gasteiger partial charge in [-0.2, -0.15) is 0 Å². The summed E-state index contributed by atoms with van der Waals surface area (Å²) in [6.45, 7) is 0.428. The standard InChI is InChI=1S/C20H18ClN3O2/c1-26-19-8-2-14(3-9-19)11-23-20(25)15-10-18(13-22-12-15)24-17-6-4-16(21)5-7-17/h2-10,12-13,24H,11H2,1H3,(H,23,25). The van der Waals surface area contributed by atoms with Crippen LogP contribution in [0.3, 0.4) is 0 Å². The van der Waals surface area contributed by atoms with Crippen molar-refractivity contribution in [1.29, 1.82) is 0 Å². The van der Waals surface area contributed by atoms with Crippen molar-refractivity contribution >= 4 is 28.9 Å². The number of benzene rings is 2. The van der Waals surface area contributed by atoms with Crippen LogP contribution in [0.25, 0.3) is 0 Å². The quantitative estimate of drug-likeness (QED) is 0.677. The van der Waals surface area contributed by atoms with Gasteiger partial charge in [0.15, 0.2) is 0 Å². The van der Waals surface area contributed by atoms with Crippen molar-refractivity contribution in [2.45, 2.75) is 6.54 Å². The molecule has 132 valence electrons. The van der Waals surface area contributed by atoms with E-state index in [0.717, 1.165) is 22.7 Å². The Morgan fingerprint density at radius 3 is 2.46 bits per heavy atom. The summed E-state index contributed by atoms with van der Waals surface area (Å²) >= 11 is 5.88. The van der Waals surface area contributed by atoms with Crippen molar-refractivity contribution in [3.63, 3.8) is 0 Å². The molecule has 0 fully saturated rings. The van der Waals surface area contributed by atoms with Gasteiger partial charge < -0.3 is 15.4 Å². The first-order valence-electron chi connectivity index (χ1n) is 8.03. The van der Waals surface area contributed by atoms with Gasteiger partial charge in [0.2, 0.25) is 0 Å². The predicted octanol–water partition coefficient (Wildman–Crippen LogP) is 4.42. The number of ether oxygens (including phenoxy) is 1. The molecule has 1 amide bonds. The highest BCUT2D eigenvalue weighted by Gasteiger charge is 2.07. The average Bonchev–Trinajstić information content (AvgIpc) is 2.68. The summed E-state index contributed by atoms with van der Waals surface area (Å²) < 4.78 is 5.12. The van der Waals surface area contributed by atoms with E-state index in [4.69, 9.17) is 16.3 Å². The van der Waals surface area contributed by atoms with Crippen molar-refractivity contribution in [1.82, 2.24) is 10.3 Å². The second-order valence-corrected chi connectivity index (χ2v) is 6.06. The Labute approximate surface area is 157 Å². The zero-order chi connectivity index (χ0) is 18.4. The van der Waals surface area contributed by atoms with Crippen LogP contribution in [0.1, 0.15) is 15.9 Å². The molecule has 3 aromatic rings. The number of pyridine rings is 1. The number of nitrogens with one attached hydrogen (secondary N) is 2. The molecular weight excluding hydrogens is 350 g/mol. The van der Waals surface area contributed by atoms with E-state index in [1.807, 2.05) is 36.4 Å². The lowest BCUT2D eigenvalue weighted by atomic mass is 10.2. The summed E-state index contributed by atoms with van der Waals surface area (Å²) in [7, 11) is 1.62. The third kappa shape index (κ3) is 4.74. The maximum atomic E-state index is 12.4. The highest BCUT2D eigenvalue weighted by Crippen LogP contribution is 2.19. The molecule has 0 radical (unpaired) electrons. The fraction of sp³-hybridized carbons (Fsp3) is 0.100. The van der Waals surface area contributed by atoms with Gasteiger partial charge in [0.05, 0.1) is 24.6 Å². The van der Waals surface area contributed by atoms with E-state index >= 15 is 0 Å². The van der Waals surface area contributed by atoms with Gasteiger partial charge in [-0.3, -0.25) is 9.78 Å². The van der Waals surface area contributed by atoms with Gasteiger partial charge in [-0.15, -0.1) is 0 Å². The number of carbonyl (C=O) groups excluding carboxylic acids is 1. The number of aromatic nitrogens is 1. The Balaban J connectivity index is 1.62. The monoisotopic (exact) mass is 367 g/mol. The molecule has 0 aliphatic carbocycles.